The minimum Gasteiger partial charge on any atom is -0.493 e. The van der Waals surface area contributed by atoms with Gasteiger partial charge in [0.1, 0.15) is 23.2 Å². The quantitative estimate of drug-likeness (QED) is 0.328. The molecule has 3 N–H and O–H groups in total. The summed E-state index contributed by atoms with van der Waals surface area (Å²) in [6.07, 6.45) is 3.87. The number of nitrogens with zero attached hydrogens (tertiary/aromatic N) is 5. The molecule has 3 heterocycles. The zero-order chi connectivity index (χ0) is 31.1. The number of carbonyl (C=O) groups excluding carboxylic acids is 3. The molecule has 12 heteroatoms. The molecule has 2 aromatic carbocycles. The van der Waals surface area contributed by atoms with E-state index in [2.05, 4.69) is 50.2 Å². The lowest BCUT2D eigenvalue weighted by atomic mass is 10.1. The third kappa shape index (κ3) is 7.49. The summed E-state index contributed by atoms with van der Waals surface area (Å²) in [5.41, 5.74) is 5.15. The van der Waals surface area contributed by atoms with E-state index in [0.717, 1.165) is 17.5 Å². The summed E-state index contributed by atoms with van der Waals surface area (Å²) in [6, 6.07) is 14.4. The van der Waals surface area contributed by atoms with Crippen LogP contribution in [0.25, 0.3) is 11.3 Å². The fraction of sp³-hybridized carbons (Fsp3) is 0.375. The minimum absolute atomic E-state index is 0.234. The third-order valence-electron chi connectivity index (χ3n) is 7.51. The normalized spacial score (nSPS) is 16.9. The van der Waals surface area contributed by atoms with Gasteiger partial charge in [-0.3, -0.25) is 24.2 Å². The lowest BCUT2D eigenvalue weighted by molar-refractivity contribution is -0.122. The topological polar surface area (TPSA) is 147 Å². The molecule has 230 valence electrons. The number of H-pyrrole nitrogens is 1. The van der Waals surface area contributed by atoms with Crippen molar-refractivity contribution in [3.63, 3.8) is 0 Å². The molecule has 12 nitrogen and oxygen atoms in total. The molecule has 0 saturated heterocycles. The van der Waals surface area contributed by atoms with Crippen molar-refractivity contribution >= 4 is 17.7 Å². The van der Waals surface area contributed by atoms with Gasteiger partial charge in [0.05, 0.1) is 30.6 Å². The number of aromatic amines is 1. The maximum atomic E-state index is 13.7. The predicted octanol–water partition coefficient (Wildman–Crippen LogP) is 3.29. The molecule has 1 atom stereocenters. The number of benzene rings is 2. The average Bonchev–Trinajstić information content (AvgIpc) is 3.70. The second kappa shape index (κ2) is 14.0. The van der Waals surface area contributed by atoms with Crippen molar-refractivity contribution in [1.82, 2.24) is 40.7 Å². The molecular weight excluding hydrogens is 560 g/mol. The van der Waals surface area contributed by atoms with Crippen LogP contribution >= 0.6 is 0 Å². The number of aryl methyl sites for hydroxylation is 3. The third-order valence-corrected chi connectivity index (χ3v) is 7.51. The second-order valence-electron chi connectivity index (χ2n) is 11.0. The summed E-state index contributed by atoms with van der Waals surface area (Å²) < 4.78 is 7.69. The van der Waals surface area contributed by atoms with Gasteiger partial charge in [0.2, 0.25) is 5.91 Å². The van der Waals surface area contributed by atoms with E-state index in [1.165, 1.54) is 5.56 Å². The van der Waals surface area contributed by atoms with Gasteiger partial charge in [-0.25, -0.2) is 0 Å². The number of amides is 3. The molecule has 1 aliphatic rings. The van der Waals surface area contributed by atoms with Crippen molar-refractivity contribution in [2.75, 3.05) is 19.7 Å². The fourth-order valence-electron chi connectivity index (χ4n) is 4.95. The first-order valence-electron chi connectivity index (χ1n) is 15.0. The molecule has 5 rings (SSSR count). The van der Waals surface area contributed by atoms with E-state index in [4.69, 9.17) is 4.74 Å². The molecule has 0 unspecified atom stereocenters. The van der Waals surface area contributed by atoms with Crippen LogP contribution in [-0.2, 0) is 24.3 Å². The summed E-state index contributed by atoms with van der Waals surface area (Å²) >= 11 is 0. The van der Waals surface area contributed by atoms with Crippen LogP contribution < -0.4 is 15.4 Å². The first-order valence-corrected chi connectivity index (χ1v) is 15.0. The van der Waals surface area contributed by atoms with Gasteiger partial charge in [0.25, 0.3) is 11.8 Å². The van der Waals surface area contributed by atoms with E-state index < -0.39 is 11.9 Å². The van der Waals surface area contributed by atoms with Gasteiger partial charge in [0, 0.05) is 31.6 Å². The Kier molecular flexibility index (Phi) is 9.68. The molecule has 0 fully saturated rings. The lowest BCUT2D eigenvalue weighted by Gasteiger charge is -2.21. The Hall–Kier alpha value is -5.00. The maximum Gasteiger partial charge on any atom is 0.272 e. The SMILES string of the molecule is CCc1ccc(-c2cc(C(=O)N3CCCNC(=O)[C@@H](C)NC(=O)c4ccc(C)cc4OCCCn4cc(nn4)C3)[nH]n2)cc1. The number of aromatic nitrogens is 5. The van der Waals surface area contributed by atoms with Gasteiger partial charge < -0.3 is 20.3 Å². The number of hydrogen-bond donors (Lipinski definition) is 3. The standard InChI is InChI=1S/C32H38N8O4/c1-4-23-8-10-24(11-9-23)27-18-28(37-36-27)32(43)39-14-5-13-33-30(41)22(3)34-31(42)26-12-7-21(2)17-29(26)44-16-6-15-40-20-25(19-39)35-38-40/h7-12,17-18,20,22H,4-6,13-16,19H2,1-3H3,(H,33,41)(H,34,42)(H,36,37)/t22-/m1/s1. The molecule has 0 spiro atoms. The summed E-state index contributed by atoms with van der Waals surface area (Å²) in [4.78, 5) is 41.1. The molecule has 44 heavy (non-hydrogen) atoms. The van der Waals surface area contributed by atoms with Crippen LogP contribution in [0.4, 0.5) is 0 Å². The van der Waals surface area contributed by atoms with Crippen LogP contribution in [0.15, 0.2) is 54.7 Å². The lowest BCUT2D eigenvalue weighted by Crippen LogP contribution is -2.45. The van der Waals surface area contributed by atoms with E-state index >= 15 is 0 Å². The molecule has 0 radical (unpaired) electrons. The van der Waals surface area contributed by atoms with Crippen molar-refractivity contribution < 1.29 is 19.1 Å². The Bertz CT molecular complexity index is 1610. The van der Waals surface area contributed by atoms with Gasteiger partial charge in [-0.05, 0) is 56.0 Å². The number of nitrogens with one attached hydrogen (secondary N) is 3. The summed E-state index contributed by atoms with van der Waals surface area (Å²) in [5, 5.41) is 21.4. The fourth-order valence-corrected chi connectivity index (χ4v) is 4.95. The largest absolute Gasteiger partial charge is 0.493 e. The van der Waals surface area contributed by atoms with E-state index in [1.807, 2.05) is 37.4 Å². The maximum absolute atomic E-state index is 13.7. The number of hydrogen-bond acceptors (Lipinski definition) is 7. The molecule has 1 aliphatic heterocycles. The first kappa shape index (κ1) is 30.5. The van der Waals surface area contributed by atoms with Crippen molar-refractivity contribution in [3.05, 3.63) is 82.8 Å². The zero-order valence-electron chi connectivity index (χ0n) is 25.3. The highest BCUT2D eigenvalue weighted by atomic mass is 16.5. The van der Waals surface area contributed by atoms with Crippen LogP contribution in [0.2, 0.25) is 0 Å². The molecule has 2 bridgehead atoms. The molecule has 0 saturated carbocycles. The van der Waals surface area contributed by atoms with Crippen LogP contribution in [0.3, 0.4) is 0 Å². The van der Waals surface area contributed by atoms with Gasteiger partial charge in [-0.15, -0.1) is 5.10 Å². The van der Waals surface area contributed by atoms with Crippen LogP contribution in [0, 0.1) is 6.92 Å². The Morgan fingerprint density at radius 1 is 1.07 bits per heavy atom. The average molecular weight is 599 g/mol. The Morgan fingerprint density at radius 3 is 2.68 bits per heavy atom. The van der Waals surface area contributed by atoms with Crippen molar-refractivity contribution in [2.24, 2.45) is 0 Å². The minimum atomic E-state index is -0.764. The van der Waals surface area contributed by atoms with E-state index in [0.29, 0.717) is 67.5 Å². The number of carbonyl (C=O) groups is 3. The van der Waals surface area contributed by atoms with Gasteiger partial charge in [-0.2, -0.15) is 5.10 Å². The number of ether oxygens (including phenoxy) is 1. The molecule has 3 amide bonds. The van der Waals surface area contributed by atoms with Crippen LogP contribution in [-0.4, -0.2) is 73.6 Å². The van der Waals surface area contributed by atoms with Crippen LogP contribution in [0.1, 0.15) is 64.4 Å². The van der Waals surface area contributed by atoms with Crippen molar-refractivity contribution in [1.29, 1.82) is 0 Å². The summed E-state index contributed by atoms with van der Waals surface area (Å²) in [7, 11) is 0. The molecular formula is C32H38N8O4. The Labute approximate surface area is 256 Å². The smallest absolute Gasteiger partial charge is 0.272 e. The zero-order valence-corrected chi connectivity index (χ0v) is 25.3. The van der Waals surface area contributed by atoms with Gasteiger partial charge >= 0.3 is 0 Å². The van der Waals surface area contributed by atoms with Gasteiger partial charge in [-0.1, -0.05) is 42.5 Å². The Balaban J connectivity index is 1.32. The second-order valence-corrected chi connectivity index (χ2v) is 11.0. The van der Waals surface area contributed by atoms with Gasteiger partial charge in [0.15, 0.2) is 0 Å². The highest BCUT2D eigenvalue weighted by Gasteiger charge is 2.22. The Morgan fingerprint density at radius 2 is 1.89 bits per heavy atom. The highest BCUT2D eigenvalue weighted by Crippen LogP contribution is 2.22. The predicted molar refractivity (Wildman–Crippen MR) is 164 cm³/mol. The summed E-state index contributed by atoms with van der Waals surface area (Å²) in [6.45, 7) is 7.46. The van der Waals surface area contributed by atoms with E-state index in [9.17, 15) is 14.4 Å². The van der Waals surface area contributed by atoms with Crippen LogP contribution in [0.5, 0.6) is 5.75 Å². The highest BCUT2D eigenvalue weighted by molar-refractivity contribution is 5.99. The first-order chi connectivity index (χ1) is 21.3. The number of fused-ring (bicyclic) bond motifs is 3. The summed E-state index contributed by atoms with van der Waals surface area (Å²) in [5.74, 6) is -0.485. The monoisotopic (exact) mass is 598 g/mol. The van der Waals surface area contributed by atoms with Crippen molar-refractivity contribution in [3.8, 4) is 17.0 Å². The van der Waals surface area contributed by atoms with E-state index in [1.54, 1.807) is 28.6 Å². The number of rotatable bonds is 3. The molecule has 2 aromatic heterocycles. The van der Waals surface area contributed by atoms with E-state index in [-0.39, 0.29) is 18.4 Å². The molecule has 0 aliphatic carbocycles. The van der Waals surface area contributed by atoms with Crippen molar-refractivity contribution in [2.45, 2.75) is 59.2 Å². The molecule has 4 aromatic rings.